The van der Waals surface area contributed by atoms with E-state index < -0.39 is 5.97 Å². The molecule has 2 N–H and O–H groups in total. The third kappa shape index (κ3) is 20.6. The second-order valence-electron chi connectivity index (χ2n) is 7.08. The van der Waals surface area contributed by atoms with Crippen molar-refractivity contribution < 1.29 is 24.8 Å². The van der Waals surface area contributed by atoms with Crippen LogP contribution >= 0.6 is 0 Å². The maximum Gasteiger partial charge on any atom is 0.220 e. The van der Waals surface area contributed by atoms with Gasteiger partial charge in [-0.15, -0.1) is 0 Å². The fraction of sp³-hybridized carbons (Fsp3) is 0.583. The fourth-order valence-electron chi connectivity index (χ4n) is 2.58. The van der Waals surface area contributed by atoms with E-state index in [9.17, 15) is 14.7 Å². The van der Waals surface area contributed by atoms with Crippen molar-refractivity contribution in [3.63, 3.8) is 0 Å². The van der Waals surface area contributed by atoms with E-state index in [2.05, 4.69) is 23.2 Å². The summed E-state index contributed by atoms with van der Waals surface area (Å²) in [6, 6.07) is 0. The standard InChI is InChI=1S/C24H39NO5/c1-2-3-4-5-10-13-17-22(30-29)18-14-11-8-6-7-9-12-15-19-23(26)25-21-16-20-24(27)28/h7-11,13-14,18,22,29H,2-6,12,15-17,19-21H2,1H3,(H,25,26)(H,27,28)/p-1/b9-7-,11-8-,13-10-,18-14+/t22-/m0/s1. The van der Waals surface area contributed by atoms with E-state index in [0.717, 1.165) is 25.7 Å². The van der Waals surface area contributed by atoms with Crippen molar-refractivity contribution in [3.05, 3.63) is 48.6 Å². The molecule has 6 heteroatoms. The summed E-state index contributed by atoms with van der Waals surface area (Å²) in [6.45, 7) is 2.56. The lowest BCUT2D eigenvalue weighted by molar-refractivity contribution is -0.305. The molecule has 0 spiro atoms. The molecule has 0 bridgehead atoms. The van der Waals surface area contributed by atoms with Crippen molar-refractivity contribution in [2.45, 2.75) is 83.7 Å². The summed E-state index contributed by atoms with van der Waals surface area (Å²) in [4.78, 5) is 26.3. The van der Waals surface area contributed by atoms with Crippen LogP contribution in [-0.2, 0) is 14.5 Å². The number of carbonyl (C=O) groups is 2. The number of allylic oxidation sites excluding steroid dienone is 6. The molecule has 1 amide bonds. The average molecular weight is 421 g/mol. The van der Waals surface area contributed by atoms with E-state index in [1.165, 1.54) is 19.3 Å². The zero-order chi connectivity index (χ0) is 22.3. The molecule has 0 unspecified atom stereocenters. The minimum absolute atomic E-state index is 0.0322. The molecule has 0 saturated carbocycles. The quantitative estimate of drug-likeness (QED) is 0.107. The zero-order valence-corrected chi connectivity index (χ0v) is 18.3. The van der Waals surface area contributed by atoms with E-state index in [-0.39, 0.29) is 18.4 Å². The number of hydrogen-bond donors (Lipinski definition) is 2. The van der Waals surface area contributed by atoms with Gasteiger partial charge in [0.1, 0.15) is 6.10 Å². The van der Waals surface area contributed by atoms with Crippen molar-refractivity contribution in [2.24, 2.45) is 0 Å². The SMILES string of the molecule is CCCCC/C=C\C[C@@H](/C=C/C=C\C/C=C\CCCC(=O)NCCCC(=O)[O-])OO. The smallest absolute Gasteiger partial charge is 0.220 e. The molecule has 0 aromatic heterocycles. The highest BCUT2D eigenvalue weighted by atomic mass is 17.1. The molecule has 6 nitrogen and oxygen atoms in total. The van der Waals surface area contributed by atoms with Gasteiger partial charge >= 0.3 is 0 Å². The minimum atomic E-state index is -1.09. The van der Waals surface area contributed by atoms with Crippen LogP contribution in [0.25, 0.3) is 0 Å². The summed E-state index contributed by atoms with van der Waals surface area (Å²) < 4.78 is 0. The van der Waals surface area contributed by atoms with Gasteiger partial charge in [-0.1, -0.05) is 68.4 Å². The number of rotatable bonds is 19. The maximum absolute atomic E-state index is 11.6. The predicted molar refractivity (Wildman–Crippen MR) is 119 cm³/mol. The van der Waals surface area contributed by atoms with Crippen molar-refractivity contribution in [1.82, 2.24) is 5.32 Å². The van der Waals surface area contributed by atoms with Crippen LogP contribution in [0.5, 0.6) is 0 Å². The molecule has 0 saturated heterocycles. The van der Waals surface area contributed by atoms with Crippen molar-refractivity contribution in [3.8, 4) is 0 Å². The van der Waals surface area contributed by atoms with Gasteiger partial charge < -0.3 is 15.2 Å². The number of amides is 1. The molecule has 0 aromatic rings. The largest absolute Gasteiger partial charge is 0.550 e. The first-order valence-electron chi connectivity index (χ1n) is 11.0. The van der Waals surface area contributed by atoms with E-state index in [1.807, 2.05) is 42.5 Å². The van der Waals surface area contributed by atoms with Gasteiger partial charge in [0, 0.05) is 18.9 Å². The highest BCUT2D eigenvalue weighted by Crippen LogP contribution is 2.04. The van der Waals surface area contributed by atoms with Gasteiger partial charge in [-0.05, 0) is 51.4 Å². The minimum Gasteiger partial charge on any atom is -0.550 e. The average Bonchev–Trinajstić information content (AvgIpc) is 2.73. The molecule has 0 rings (SSSR count). The number of aliphatic carboxylic acids is 1. The number of carbonyl (C=O) groups excluding carboxylic acids is 2. The first kappa shape index (κ1) is 27.8. The second-order valence-corrected chi connectivity index (χ2v) is 7.08. The van der Waals surface area contributed by atoms with Crippen molar-refractivity contribution in [1.29, 1.82) is 0 Å². The predicted octanol–water partition coefficient (Wildman–Crippen LogP) is 4.25. The third-order valence-corrected chi connectivity index (χ3v) is 4.31. The summed E-state index contributed by atoms with van der Waals surface area (Å²) in [7, 11) is 0. The molecule has 0 aliphatic carbocycles. The lowest BCUT2D eigenvalue weighted by Crippen LogP contribution is -2.27. The van der Waals surface area contributed by atoms with Crippen LogP contribution in [0.1, 0.15) is 77.6 Å². The van der Waals surface area contributed by atoms with Gasteiger partial charge in [0.15, 0.2) is 0 Å². The lowest BCUT2D eigenvalue weighted by atomic mass is 10.1. The number of carboxylic acids is 1. The van der Waals surface area contributed by atoms with Crippen LogP contribution in [0.15, 0.2) is 48.6 Å². The molecule has 0 aliphatic rings. The van der Waals surface area contributed by atoms with Crippen molar-refractivity contribution >= 4 is 11.9 Å². The number of hydrogen-bond acceptors (Lipinski definition) is 5. The summed E-state index contributed by atoms with van der Waals surface area (Å²) >= 11 is 0. The monoisotopic (exact) mass is 420 g/mol. The summed E-state index contributed by atoms with van der Waals surface area (Å²) in [5.74, 6) is -1.14. The Morgan fingerprint density at radius 2 is 1.73 bits per heavy atom. The highest BCUT2D eigenvalue weighted by Gasteiger charge is 2.00. The molecule has 170 valence electrons. The molecule has 1 atom stereocenters. The summed E-state index contributed by atoms with van der Waals surface area (Å²) in [5, 5.41) is 21.9. The Bertz CT molecular complexity index is 552. The van der Waals surface area contributed by atoms with Crippen LogP contribution in [0, 0.1) is 0 Å². The van der Waals surface area contributed by atoms with Crippen LogP contribution in [-0.4, -0.2) is 29.8 Å². The third-order valence-electron chi connectivity index (χ3n) is 4.31. The summed E-state index contributed by atoms with van der Waals surface area (Å²) in [6.07, 6.45) is 24.1. The molecule has 0 aromatic carbocycles. The Morgan fingerprint density at radius 1 is 0.967 bits per heavy atom. The molecule has 0 radical (unpaired) electrons. The highest BCUT2D eigenvalue weighted by molar-refractivity contribution is 5.75. The number of unbranched alkanes of at least 4 members (excludes halogenated alkanes) is 4. The first-order valence-corrected chi connectivity index (χ1v) is 11.0. The Kier molecular flexibility index (Phi) is 20.0. The Hall–Kier alpha value is -2.18. The van der Waals surface area contributed by atoms with Crippen LogP contribution in [0.3, 0.4) is 0 Å². The normalized spacial score (nSPS) is 13.1. The Morgan fingerprint density at radius 3 is 2.47 bits per heavy atom. The molecular formula is C24H38NO5-. The maximum atomic E-state index is 11.6. The van der Waals surface area contributed by atoms with Gasteiger partial charge in [-0.3, -0.25) is 10.1 Å². The van der Waals surface area contributed by atoms with Crippen molar-refractivity contribution in [2.75, 3.05) is 6.54 Å². The lowest BCUT2D eigenvalue weighted by Gasteiger charge is -2.04. The number of nitrogens with one attached hydrogen (secondary N) is 1. The molecular weight excluding hydrogens is 382 g/mol. The summed E-state index contributed by atoms with van der Waals surface area (Å²) in [5.41, 5.74) is 0. The fourth-order valence-corrected chi connectivity index (χ4v) is 2.58. The topological polar surface area (TPSA) is 98.7 Å². The molecule has 0 fully saturated rings. The first-order chi connectivity index (χ1) is 14.6. The number of carboxylic acid groups (broad SMARTS) is 1. The van der Waals surface area contributed by atoms with E-state index in [4.69, 9.17) is 5.26 Å². The van der Waals surface area contributed by atoms with E-state index in [0.29, 0.717) is 25.8 Å². The van der Waals surface area contributed by atoms with Gasteiger partial charge in [-0.2, -0.15) is 0 Å². The van der Waals surface area contributed by atoms with Gasteiger partial charge in [0.2, 0.25) is 5.91 Å². The zero-order valence-electron chi connectivity index (χ0n) is 18.3. The van der Waals surface area contributed by atoms with Gasteiger partial charge in [-0.25, -0.2) is 4.89 Å². The van der Waals surface area contributed by atoms with Crippen LogP contribution in [0.2, 0.25) is 0 Å². The van der Waals surface area contributed by atoms with Crippen LogP contribution < -0.4 is 10.4 Å². The molecule has 30 heavy (non-hydrogen) atoms. The Labute approximate surface area is 181 Å². The van der Waals surface area contributed by atoms with E-state index in [1.54, 1.807) is 0 Å². The molecule has 0 heterocycles. The molecule has 0 aliphatic heterocycles. The van der Waals surface area contributed by atoms with Crippen LogP contribution in [0.4, 0.5) is 0 Å². The van der Waals surface area contributed by atoms with Gasteiger partial charge in [0.25, 0.3) is 0 Å². The second kappa shape index (κ2) is 21.5. The van der Waals surface area contributed by atoms with E-state index >= 15 is 0 Å². The Balaban J connectivity index is 3.76. The van der Waals surface area contributed by atoms with Gasteiger partial charge in [0.05, 0.1) is 0 Å².